The van der Waals surface area contributed by atoms with Crippen LogP contribution >= 0.6 is 0 Å². The fourth-order valence-corrected chi connectivity index (χ4v) is 5.73. The number of nitrogens with two attached hydrogens (primary N) is 1. The van der Waals surface area contributed by atoms with Gasteiger partial charge in [-0.05, 0) is 85.0 Å². The number of rotatable bonds is 1. The Bertz CT molecular complexity index is 554. The zero-order valence-corrected chi connectivity index (χ0v) is 13.3. The van der Waals surface area contributed by atoms with Crippen LogP contribution in [-0.4, -0.2) is 13.2 Å². The van der Waals surface area contributed by atoms with Crippen molar-refractivity contribution in [1.29, 1.82) is 0 Å². The van der Waals surface area contributed by atoms with Gasteiger partial charge in [-0.25, -0.2) is 0 Å². The zero-order valence-electron chi connectivity index (χ0n) is 13.3. The van der Waals surface area contributed by atoms with Crippen molar-refractivity contribution in [3.05, 3.63) is 29.3 Å². The molecule has 3 aliphatic carbocycles. The molecule has 0 saturated heterocycles. The van der Waals surface area contributed by atoms with Gasteiger partial charge in [0, 0.05) is 6.04 Å². The van der Waals surface area contributed by atoms with Crippen LogP contribution in [0, 0.1) is 17.3 Å². The van der Waals surface area contributed by atoms with Gasteiger partial charge in [-0.1, -0.05) is 13.0 Å². The van der Waals surface area contributed by atoms with Crippen molar-refractivity contribution in [2.75, 3.05) is 7.11 Å². The van der Waals surface area contributed by atoms with Crippen LogP contribution in [-0.2, 0) is 6.42 Å². The van der Waals surface area contributed by atoms with Gasteiger partial charge in [0.2, 0.25) is 0 Å². The summed E-state index contributed by atoms with van der Waals surface area (Å²) < 4.78 is 5.40. The topological polar surface area (TPSA) is 35.2 Å². The van der Waals surface area contributed by atoms with Crippen LogP contribution in [0.4, 0.5) is 0 Å². The van der Waals surface area contributed by atoms with E-state index in [4.69, 9.17) is 10.5 Å². The van der Waals surface area contributed by atoms with E-state index >= 15 is 0 Å². The quantitative estimate of drug-likeness (QED) is 0.850. The van der Waals surface area contributed by atoms with Crippen LogP contribution in [0.2, 0.25) is 0 Å². The molecule has 0 amide bonds. The maximum Gasteiger partial charge on any atom is 0.119 e. The Morgan fingerprint density at radius 2 is 2.05 bits per heavy atom. The molecule has 5 atom stereocenters. The van der Waals surface area contributed by atoms with E-state index in [1.54, 1.807) is 12.7 Å². The highest BCUT2D eigenvalue weighted by Gasteiger charge is 2.53. The van der Waals surface area contributed by atoms with Gasteiger partial charge in [0.05, 0.1) is 7.11 Å². The van der Waals surface area contributed by atoms with Crippen molar-refractivity contribution in [2.45, 2.75) is 57.4 Å². The summed E-state index contributed by atoms with van der Waals surface area (Å²) in [5.74, 6) is 3.48. The minimum Gasteiger partial charge on any atom is -0.497 e. The lowest BCUT2D eigenvalue weighted by atomic mass is 9.55. The van der Waals surface area contributed by atoms with Crippen molar-refractivity contribution in [2.24, 2.45) is 23.0 Å². The predicted molar refractivity (Wildman–Crippen MR) is 85.6 cm³/mol. The Balaban J connectivity index is 1.68. The molecule has 0 bridgehead atoms. The van der Waals surface area contributed by atoms with Crippen molar-refractivity contribution in [3.63, 3.8) is 0 Å². The number of ether oxygens (including phenoxy) is 1. The Morgan fingerprint density at radius 3 is 2.86 bits per heavy atom. The molecule has 1 aromatic carbocycles. The summed E-state index contributed by atoms with van der Waals surface area (Å²) in [6.45, 7) is 2.47. The van der Waals surface area contributed by atoms with Gasteiger partial charge >= 0.3 is 0 Å². The van der Waals surface area contributed by atoms with Crippen molar-refractivity contribution >= 4 is 0 Å². The van der Waals surface area contributed by atoms with Gasteiger partial charge in [-0.3, -0.25) is 0 Å². The lowest BCUT2D eigenvalue weighted by Gasteiger charge is -2.50. The fraction of sp³-hybridized carbons (Fsp3) is 0.684. The van der Waals surface area contributed by atoms with Crippen LogP contribution in [0.5, 0.6) is 5.75 Å². The molecule has 4 rings (SSSR count). The Morgan fingerprint density at radius 1 is 1.19 bits per heavy atom. The second-order valence-corrected chi connectivity index (χ2v) is 7.71. The SMILES string of the molecule is COc1ccc2c(c1)CCC1C2CC[C@@]2(C)C1CC[C@@H]2N. The average Bonchev–Trinajstić information content (AvgIpc) is 2.82. The fourth-order valence-electron chi connectivity index (χ4n) is 5.73. The van der Waals surface area contributed by atoms with Gasteiger partial charge < -0.3 is 10.5 Å². The van der Waals surface area contributed by atoms with Crippen molar-refractivity contribution in [3.8, 4) is 5.75 Å². The van der Waals surface area contributed by atoms with Gasteiger partial charge in [0.25, 0.3) is 0 Å². The summed E-state index contributed by atoms with van der Waals surface area (Å²) >= 11 is 0. The molecule has 0 aliphatic heterocycles. The molecular weight excluding hydrogens is 258 g/mol. The Labute approximate surface area is 128 Å². The minimum absolute atomic E-state index is 0.408. The van der Waals surface area contributed by atoms with Crippen LogP contribution in [0.25, 0.3) is 0 Å². The number of aryl methyl sites for hydroxylation is 1. The number of hydrogen-bond acceptors (Lipinski definition) is 2. The Hall–Kier alpha value is -1.02. The maximum absolute atomic E-state index is 6.46. The van der Waals surface area contributed by atoms with E-state index in [0.717, 1.165) is 23.5 Å². The molecule has 1 aromatic rings. The molecule has 3 unspecified atom stereocenters. The first-order valence-electron chi connectivity index (χ1n) is 8.56. The molecule has 0 aromatic heterocycles. The molecule has 0 radical (unpaired) electrons. The van der Waals surface area contributed by atoms with Crippen molar-refractivity contribution < 1.29 is 4.74 Å². The lowest BCUT2D eigenvalue weighted by molar-refractivity contribution is 0.0496. The maximum atomic E-state index is 6.46. The van der Waals surface area contributed by atoms with Gasteiger partial charge in [-0.15, -0.1) is 0 Å². The molecule has 3 aliphatic rings. The van der Waals surface area contributed by atoms with E-state index in [2.05, 4.69) is 25.1 Å². The number of hydrogen-bond donors (Lipinski definition) is 1. The second-order valence-electron chi connectivity index (χ2n) is 7.71. The molecule has 2 saturated carbocycles. The largest absolute Gasteiger partial charge is 0.497 e. The third-order valence-electron chi connectivity index (χ3n) is 7.01. The Kier molecular flexibility index (Phi) is 3.08. The lowest BCUT2D eigenvalue weighted by Crippen LogP contribution is -2.46. The predicted octanol–water partition coefficient (Wildman–Crippen LogP) is 3.88. The minimum atomic E-state index is 0.408. The van der Waals surface area contributed by atoms with E-state index in [1.807, 2.05) is 0 Å². The highest BCUT2D eigenvalue weighted by atomic mass is 16.5. The number of benzene rings is 1. The molecule has 2 N–H and O–H groups in total. The molecule has 0 heterocycles. The van der Waals surface area contributed by atoms with E-state index in [9.17, 15) is 0 Å². The monoisotopic (exact) mass is 285 g/mol. The van der Waals surface area contributed by atoms with Crippen LogP contribution < -0.4 is 10.5 Å². The van der Waals surface area contributed by atoms with Crippen LogP contribution in [0.15, 0.2) is 18.2 Å². The summed E-state index contributed by atoms with van der Waals surface area (Å²) in [6.07, 6.45) is 7.79. The summed E-state index contributed by atoms with van der Waals surface area (Å²) in [5, 5.41) is 0. The molecular formula is C19H27NO. The summed E-state index contributed by atoms with van der Waals surface area (Å²) in [7, 11) is 1.76. The first-order valence-corrected chi connectivity index (χ1v) is 8.56. The van der Waals surface area contributed by atoms with Gasteiger partial charge in [0.15, 0.2) is 0 Å². The highest BCUT2D eigenvalue weighted by Crippen LogP contribution is 2.60. The zero-order chi connectivity index (χ0) is 14.6. The third kappa shape index (κ3) is 1.88. The summed E-state index contributed by atoms with van der Waals surface area (Å²) in [4.78, 5) is 0. The normalized spacial score (nSPS) is 41.1. The van der Waals surface area contributed by atoms with E-state index in [1.165, 1.54) is 44.1 Å². The number of methoxy groups -OCH3 is 1. The average molecular weight is 285 g/mol. The summed E-state index contributed by atoms with van der Waals surface area (Å²) in [5.41, 5.74) is 10.0. The summed E-state index contributed by atoms with van der Waals surface area (Å²) in [6, 6.07) is 7.18. The first kappa shape index (κ1) is 13.6. The molecule has 0 spiro atoms. The van der Waals surface area contributed by atoms with Crippen molar-refractivity contribution in [1.82, 2.24) is 0 Å². The van der Waals surface area contributed by atoms with Crippen LogP contribution in [0.1, 0.15) is 56.1 Å². The van der Waals surface area contributed by atoms with Gasteiger partial charge in [-0.2, -0.15) is 0 Å². The smallest absolute Gasteiger partial charge is 0.119 e. The standard InChI is InChI=1S/C19H27NO/c1-19-10-9-15-14-6-4-13(21-2)11-12(14)3-5-16(15)17(19)7-8-18(19)20/h4,6,11,15-18H,3,5,7-10,20H2,1-2H3/t15?,16?,17?,18-,19-/m0/s1. The number of fused-ring (bicyclic) bond motifs is 5. The molecule has 2 heteroatoms. The second kappa shape index (κ2) is 4.74. The molecule has 114 valence electrons. The van der Waals surface area contributed by atoms with E-state index < -0.39 is 0 Å². The van der Waals surface area contributed by atoms with E-state index in [0.29, 0.717) is 11.5 Å². The third-order valence-corrected chi connectivity index (χ3v) is 7.01. The van der Waals surface area contributed by atoms with E-state index in [-0.39, 0.29) is 0 Å². The molecule has 21 heavy (non-hydrogen) atoms. The first-order chi connectivity index (χ1) is 10.1. The van der Waals surface area contributed by atoms with Gasteiger partial charge in [0.1, 0.15) is 5.75 Å². The molecule has 2 nitrogen and oxygen atoms in total. The molecule has 2 fully saturated rings. The highest BCUT2D eigenvalue weighted by molar-refractivity contribution is 5.40. The van der Waals surface area contributed by atoms with Crippen LogP contribution in [0.3, 0.4) is 0 Å².